The summed E-state index contributed by atoms with van der Waals surface area (Å²) in [5, 5.41) is 2.90. The van der Waals surface area contributed by atoms with Crippen molar-refractivity contribution in [3.8, 4) is 0 Å². The van der Waals surface area contributed by atoms with E-state index < -0.39 is 10.0 Å². The monoisotopic (exact) mass is 436 g/mol. The lowest BCUT2D eigenvalue weighted by Gasteiger charge is -2.08. The highest BCUT2D eigenvalue weighted by atomic mass is 79.9. The fraction of sp³-hybridized carbons (Fsp3) is 0.231. The van der Waals surface area contributed by atoms with E-state index in [1.807, 2.05) is 6.92 Å². The Balaban J connectivity index is 2.31. The van der Waals surface area contributed by atoms with Crippen molar-refractivity contribution in [3.63, 3.8) is 0 Å². The van der Waals surface area contributed by atoms with Crippen LogP contribution in [0.15, 0.2) is 42.7 Å². The van der Waals surface area contributed by atoms with Crippen molar-refractivity contribution >= 4 is 47.6 Å². The largest absolute Gasteiger partial charge is 0.451 e. The van der Waals surface area contributed by atoms with Crippen LogP contribution in [0.4, 0.5) is 5.69 Å². The van der Waals surface area contributed by atoms with Crippen LogP contribution >= 0.6 is 31.9 Å². The molecule has 0 bridgehead atoms. The predicted octanol–water partition coefficient (Wildman–Crippen LogP) is 3.63. The molecule has 0 aliphatic heterocycles. The molecule has 0 saturated carbocycles. The molecule has 21 heavy (non-hydrogen) atoms. The molecule has 2 aromatic rings. The minimum Gasteiger partial charge on any atom is -0.451 e. The quantitative estimate of drug-likeness (QED) is 0.749. The van der Waals surface area contributed by atoms with Crippen LogP contribution in [-0.2, 0) is 16.6 Å². The number of benzene rings is 1. The molecule has 2 N–H and O–H groups in total. The Morgan fingerprint density at radius 1 is 1.24 bits per heavy atom. The maximum Gasteiger partial charge on any atom is 0.266 e. The number of nitrogens with one attached hydrogen (secondary N) is 2. The molecule has 0 spiro atoms. The van der Waals surface area contributed by atoms with Gasteiger partial charge in [0.25, 0.3) is 10.0 Å². The van der Waals surface area contributed by atoms with E-state index in [1.165, 1.54) is 6.07 Å². The van der Waals surface area contributed by atoms with Gasteiger partial charge in [-0.2, -0.15) is 0 Å². The van der Waals surface area contributed by atoms with Crippen molar-refractivity contribution in [1.82, 2.24) is 5.32 Å². The van der Waals surface area contributed by atoms with Crippen LogP contribution in [0.2, 0.25) is 0 Å². The Bertz CT molecular complexity index is 757. The molecular formula is C13H14Br2N2O3S. The number of aryl methyl sites for hydroxylation is 1. The first kappa shape index (κ1) is 16.5. The third-order valence-electron chi connectivity index (χ3n) is 2.76. The molecule has 5 nitrogen and oxygen atoms in total. The highest BCUT2D eigenvalue weighted by Crippen LogP contribution is 2.29. The van der Waals surface area contributed by atoms with Crippen molar-refractivity contribution in [2.24, 2.45) is 0 Å². The summed E-state index contributed by atoms with van der Waals surface area (Å²) in [4.78, 5) is 0.0771. The number of rotatable bonds is 5. The van der Waals surface area contributed by atoms with Crippen LogP contribution in [0.25, 0.3) is 0 Å². The van der Waals surface area contributed by atoms with Crippen LogP contribution in [0, 0.1) is 6.92 Å². The maximum atomic E-state index is 12.4. The molecule has 1 aromatic heterocycles. The molecule has 2 rings (SSSR count). The van der Waals surface area contributed by atoms with Crippen molar-refractivity contribution < 1.29 is 12.8 Å². The third kappa shape index (κ3) is 3.88. The molecule has 1 heterocycles. The summed E-state index contributed by atoms with van der Waals surface area (Å²) >= 11 is 6.52. The van der Waals surface area contributed by atoms with E-state index in [0.717, 1.165) is 10.0 Å². The zero-order chi connectivity index (χ0) is 15.6. The zero-order valence-corrected chi connectivity index (χ0v) is 15.4. The van der Waals surface area contributed by atoms with Gasteiger partial charge in [-0.05, 0) is 53.7 Å². The zero-order valence-electron chi connectivity index (χ0n) is 11.4. The van der Waals surface area contributed by atoms with Crippen LogP contribution in [0.3, 0.4) is 0 Å². The van der Waals surface area contributed by atoms with Gasteiger partial charge in [0, 0.05) is 16.2 Å². The molecule has 0 radical (unpaired) electrons. The average molecular weight is 438 g/mol. The molecule has 114 valence electrons. The van der Waals surface area contributed by atoms with Gasteiger partial charge in [-0.3, -0.25) is 4.72 Å². The third-order valence-corrected chi connectivity index (χ3v) is 5.89. The van der Waals surface area contributed by atoms with Gasteiger partial charge in [0.05, 0.1) is 6.54 Å². The van der Waals surface area contributed by atoms with Crippen molar-refractivity contribution in [1.29, 1.82) is 0 Å². The van der Waals surface area contributed by atoms with E-state index in [9.17, 15) is 8.42 Å². The summed E-state index contributed by atoms with van der Waals surface area (Å²) in [5.41, 5.74) is 1.44. The van der Waals surface area contributed by atoms with Gasteiger partial charge in [-0.25, -0.2) is 8.42 Å². The fourth-order valence-electron chi connectivity index (χ4n) is 1.76. The lowest BCUT2D eigenvalue weighted by Crippen LogP contribution is -2.13. The first-order chi connectivity index (χ1) is 9.83. The van der Waals surface area contributed by atoms with E-state index in [4.69, 9.17) is 4.42 Å². The summed E-state index contributed by atoms with van der Waals surface area (Å²) in [7, 11) is -1.95. The van der Waals surface area contributed by atoms with Crippen LogP contribution in [0.5, 0.6) is 0 Å². The summed E-state index contributed by atoms with van der Waals surface area (Å²) in [6, 6.07) is 6.74. The van der Waals surface area contributed by atoms with E-state index in [0.29, 0.717) is 18.0 Å². The van der Waals surface area contributed by atoms with Gasteiger partial charge < -0.3 is 9.73 Å². The van der Waals surface area contributed by atoms with E-state index in [-0.39, 0.29) is 9.56 Å². The topological polar surface area (TPSA) is 71.3 Å². The van der Waals surface area contributed by atoms with Crippen LogP contribution in [0.1, 0.15) is 11.3 Å². The molecule has 0 saturated heterocycles. The second kappa shape index (κ2) is 6.51. The molecule has 0 aliphatic carbocycles. The molecule has 0 atom stereocenters. The van der Waals surface area contributed by atoms with E-state index >= 15 is 0 Å². The molecule has 1 aromatic carbocycles. The van der Waals surface area contributed by atoms with Gasteiger partial charge in [-0.1, -0.05) is 15.9 Å². The Labute approximate surface area is 140 Å². The first-order valence-corrected chi connectivity index (χ1v) is 9.12. The highest BCUT2D eigenvalue weighted by molar-refractivity contribution is 9.10. The van der Waals surface area contributed by atoms with Crippen LogP contribution < -0.4 is 10.0 Å². The molecule has 0 aliphatic rings. The number of halogens is 2. The Kier molecular flexibility index (Phi) is 5.13. The second-order valence-electron chi connectivity index (χ2n) is 4.45. The Morgan fingerprint density at radius 2 is 1.95 bits per heavy atom. The maximum absolute atomic E-state index is 12.4. The molecule has 0 fully saturated rings. The van der Waals surface area contributed by atoms with Crippen molar-refractivity contribution in [2.75, 3.05) is 11.8 Å². The number of hydrogen-bond acceptors (Lipinski definition) is 4. The average Bonchev–Trinajstić information content (AvgIpc) is 2.76. The van der Waals surface area contributed by atoms with Crippen LogP contribution in [-0.4, -0.2) is 15.5 Å². The normalized spacial score (nSPS) is 11.6. The molecular weight excluding hydrogens is 424 g/mol. The van der Waals surface area contributed by atoms with Gasteiger partial charge in [0.2, 0.25) is 0 Å². The molecule has 0 amide bonds. The minimum absolute atomic E-state index is 0.0771. The predicted molar refractivity (Wildman–Crippen MR) is 88.9 cm³/mol. The summed E-state index contributed by atoms with van der Waals surface area (Å²) in [6.45, 7) is 2.34. The number of hydrogen-bond donors (Lipinski definition) is 2. The summed E-state index contributed by atoms with van der Waals surface area (Å²) in [5.74, 6) is 0.539. The Morgan fingerprint density at radius 3 is 2.57 bits per heavy atom. The van der Waals surface area contributed by atoms with Gasteiger partial charge >= 0.3 is 0 Å². The minimum atomic E-state index is -3.70. The lowest BCUT2D eigenvalue weighted by atomic mass is 10.2. The first-order valence-electron chi connectivity index (χ1n) is 6.05. The van der Waals surface area contributed by atoms with Gasteiger partial charge in [-0.15, -0.1) is 0 Å². The fourth-order valence-corrected chi connectivity index (χ4v) is 4.06. The van der Waals surface area contributed by atoms with E-state index in [2.05, 4.69) is 41.9 Å². The second-order valence-corrected chi connectivity index (χ2v) is 7.68. The highest BCUT2D eigenvalue weighted by Gasteiger charge is 2.22. The number of furan rings is 1. The summed E-state index contributed by atoms with van der Waals surface area (Å²) in [6.07, 6.45) is 0. The van der Waals surface area contributed by atoms with Crippen molar-refractivity contribution in [3.05, 3.63) is 44.7 Å². The summed E-state index contributed by atoms with van der Waals surface area (Å²) < 4.78 is 33.8. The SMILES string of the molecule is CNCc1cc(S(=O)(=O)Nc2ccc(Br)c(C)c2)c(Br)o1. The smallest absolute Gasteiger partial charge is 0.266 e. The Hall–Kier alpha value is -0.830. The molecule has 0 unspecified atom stereocenters. The molecule has 8 heteroatoms. The number of anilines is 1. The lowest BCUT2D eigenvalue weighted by molar-refractivity contribution is 0.470. The van der Waals surface area contributed by atoms with E-state index in [1.54, 1.807) is 25.2 Å². The number of sulfonamides is 1. The standard InChI is InChI=1S/C13H14Br2N2O3S/c1-8-5-9(3-4-11(8)14)17-21(18,19)12-6-10(7-16-2)20-13(12)15/h3-6,16-17H,7H2,1-2H3. The van der Waals surface area contributed by atoms with Gasteiger partial charge in [0.1, 0.15) is 10.7 Å². The van der Waals surface area contributed by atoms with Crippen molar-refractivity contribution in [2.45, 2.75) is 18.4 Å². The van der Waals surface area contributed by atoms with Gasteiger partial charge in [0.15, 0.2) is 4.67 Å².